The average Bonchev–Trinajstić information content (AvgIpc) is 2.24. The molecule has 0 fully saturated rings. The van der Waals surface area contributed by atoms with Crippen LogP contribution in [0.3, 0.4) is 0 Å². The van der Waals surface area contributed by atoms with Gasteiger partial charge in [-0.1, -0.05) is 0 Å². The van der Waals surface area contributed by atoms with E-state index in [1.165, 1.54) is 0 Å². The van der Waals surface area contributed by atoms with E-state index in [4.69, 9.17) is 9.53 Å². The third-order valence-corrected chi connectivity index (χ3v) is 5.24. The number of carboxylic acid groups (broad SMARTS) is 1. The van der Waals surface area contributed by atoms with E-state index >= 15 is 0 Å². The third-order valence-electron chi connectivity index (χ3n) is 2.61. The van der Waals surface area contributed by atoms with Crippen LogP contribution in [0.4, 0.5) is 0 Å². The molecule has 0 radical (unpaired) electrons. The molecule has 0 saturated heterocycles. The molecule has 0 rings (SSSR count). The van der Waals surface area contributed by atoms with Gasteiger partial charge < -0.3 is 14.8 Å². The summed E-state index contributed by atoms with van der Waals surface area (Å²) in [5.41, 5.74) is 0. The summed E-state index contributed by atoms with van der Waals surface area (Å²) in [6.45, 7) is 7.74. The summed E-state index contributed by atoms with van der Waals surface area (Å²) in [6, 6.07) is 1.02. The molecule has 0 aromatic carbocycles. The molecule has 5 nitrogen and oxygen atoms in total. The smallest absolute Gasteiger partial charge is 0.303 e. The number of carbonyl (C=O) groups is 2. The van der Waals surface area contributed by atoms with Crippen LogP contribution >= 0.6 is 0 Å². The minimum atomic E-state index is -1.54. The maximum absolute atomic E-state index is 11.4. The molecule has 0 bridgehead atoms. The summed E-state index contributed by atoms with van der Waals surface area (Å²) in [4.78, 5) is 21.6. The van der Waals surface area contributed by atoms with Gasteiger partial charge in [-0.15, -0.1) is 0 Å². The predicted octanol–water partition coefficient (Wildman–Crippen LogP) is 1.99. The molecule has 106 valence electrons. The van der Waals surface area contributed by atoms with Gasteiger partial charge in [-0.3, -0.25) is 9.59 Å². The lowest BCUT2D eigenvalue weighted by atomic mass is 10.2. The van der Waals surface area contributed by atoms with E-state index in [-0.39, 0.29) is 12.3 Å². The Kier molecular flexibility index (Phi) is 8.65. The van der Waals surface area contributed by atoms with E-state index in [0.29, 0.717) is 19.4 Å². The highest BCUT2D eigenvalue weighted by Crippen LogP contribution is 2.12. The highest BCUT2D eigenvalue weighted by Gasteiger charge is 2.20. The molecule has 0 aliphatic carbocycles. The molecule has 0 aliphatic rings. The van der Waals surface area contributed by atoms with Gasteiger partial charge in [0.15, 0.2) is 8.32 Å². The number of rotatable bonds is 10. The lowest BCUT2D eigenvalue weighted by molar-refractivity contribution is -0.137. The topological polar surface area (TPSA) is 75.6 Å². The van der Waals surface area contributed by atoms with Crippen molar-refractivity contribution in [3.05, 3.63) is 0 Å². The maximum atomic E-state index is 11.4. The van der Waals surface area contributed by atoms with E-state index in [1.807, 2.05) is 6.92 Å². The van der Waals surface area contributed by atoms with Gasteiger partial charge in [0.05, 0.1) is 0 Å². The van der Waals surface area contributed by atoms with Gasteiger partial charge in [-0.05, 0) is 38.9 Å². The first-order chi connectivity index (χ1) is 8.37. The molecule has 0 aromatic heterocycles. The Balaban J connectivity index is 3.54. The molecule has 0 aromatic rings. The first-order valence-electron chi connectivity index (χ1n) is 6.50. The molecule has 6 heteroatoms. The maximum Gasteiger partial charge on any atom is 0.303 e. The van der Waals surface area contributed by atoms with Crippen LogP contribution in [-0.2, 0) is 14.0 Å². The Labute approximate surface area is 110 Å². The van der Waals surface area contributed by atoms with Crippen molar-refractivity contribution in [1.82, 2.24) is 5.32 Å². The van der Waals surface area contributed by atoms with Crippen molar-refractivity contribution in [1.29, 1.82) is 0 Å². The van der Waals surface area contributed by atoms with Gasteiger partial charge in [0, 0.05) is 26.0 Å². The van der Waals surface area contributed by atoms with Crippen LogP contribution in [-0.4, -0.2) is 38.5 Å². The van der Waals surface area contributed by atoms with E-state index in [0.717, 1.165) is 19.1 Å². The molecular weight excluding hydrogens is 250 g/mol. The van der Waals surface area contributed by atoms with Crippen LogP contribution in [0.15, 0.2) is 0 Å². The van der Waals surface area contributed by atoms with Crippen molar-refractivity contribution in [2.24, 2.45) is 0 Å². The first kappa shape index (κ1) is 17.1. The number of hydrogen-bond acceptors (Lipinski definition) is 3. The minimum Gasteiger partial charge on any atom is -0.481 e. The number of nitrogens with one attached hydrogen (secondary N) is 1. The fraction of sp³-hybridized carbons (Fsp3) is 0.833. The SMILES string of the molecule is CCO[Si](C)(C)CCCNC(=O)CCCC(=O)O. The monoisotopic (exact) mass is 275 g/mol. The quantitative estimate of drug-likeness (QED) is 0.472. The van der Waals surface area contributed by atoms with Crippen LogP contribution < -0.4 is 5.32 Å². The molecule has 0 spiro atoms. The number of carboxylic acids is 1. The van der Waals surface area contributed by atoms with Crippen LogP contribution in [0.2, 0.25) is 19.1 Å². The summed E-state index contributed by atoms with van der Waals surface area (Å²) in [5, 5.41) is 11.2. The first-order valence-corrected chi connectivity index (χ1v) is 9.61. The zero-order chi connectivity index (χ0) is 14.0. The second kappa shape index (κ2) is 9.10. The average molecular weight is 275 g/mol. The molecule has 1 amide bonds. The molecular formula is C12H25NO4Si. The normalized spacial score (nSPS) is 11.3. The van der Waals surface area contributed by atoms with E-state index in [2.05, 4.69) is 18.4 Å². The van der Waals surface area contributed by atoms with Crippen molar-refractivity contribution in [2.45, 2.75) is 51.7 Å². The lowest BCUT2D eigenvalue weighted by Gasteiger charge is -2.21. The van der Waals surface area contributed by atoms with Crippen LogP contribution in [0, 0.1) is 0 Å². The Morgan fingerprint density at radius 3 is 2.44 bits per heavy atom. The van der Waals surface area contributed by atoms with Crippen LogP contribution in [0.1, 0.15) is 32.6 Å². The molecule has 2 N–H and O–H groups in total. The lowest BCUT2D eigenvalue weighted by Crippen LogP contribution is -2.32. The van der Waals surface area contributed by atoms with Gasteiger partial charge >= 0.3 is 5.97 Å². The van der Waals surface area contributed by atoms with Crippen molar-refractivity contribution in [2.75, 3.05) is 13.2 Å². The van der Waals surface area contributed by atoms with Gasteiger partial charge in [0.25, 0.3) is 0 Å². The number of aliphatic carboxylic acids is 1. The van der Waals surface area contributed by atoms with Crippen LogP contribution in [0.5, 0.6) is 0 Å². The Hall–Kier alpha value is -0.883. The summed E-state index contributed by atoms with van der Waals surface area (Å²) < 4.78 is 5.69. The van der Waals surface area contributed by atoms with Gasteiger partial charge in [0.1, 0.15) is 0 Å². The Morgan fingerprint density at radius 1 is 1.22 bits per heavy atom. The standard InChI is InChI=1S/C12H25NO4Si/c1-4-17-18(2,3)10-6-9-13-11(14)7-5-8-12(15)16/h4-10H2,1-3H3,(H,13,14)(H,15,16). The fourth-order valence-corrected chi connectivity index (χ4v) is 3.65. The number of amides is 1. The van der Waals surface area contributed by atoms with E-state index < -0.39 is 14.3 Å². The van der Waals surface area contributed by atoms with Crippen molar-refractivity contribution in [3.8, 4) is 0 Å². The summed E-state index contributed by atoms with van der Waals surface area (Å²) in [5.74, 6) is -0.917. The summed E-state index contributed by atoms with van der Waals surface area (Å²) in [6.07, 6.45) is 1.67. The molecule has 0 atom stereocenters. The highest BCUT2D eigenvalue weighted by molar-refractivity contribution is 6.71. The fourth-order valence-electron chi connectivity index (χ4n) is 1.69. The predicted molar refractivity (Wildman–Crippen MR) is 73.0 cm³/mol. The van der Waals surface area contributed by atoms with E-state index in [1.54, 1.807) is 0 Å². The van der Waals surface area contributed by atoms with Gasteiger partial charge in [-0.2, -0.15) is 0 Å². The third kappa shape index (κ3) is 10.3. The second-order valence-corrected chi connectivity index (χ2v) is 9.20. The van der Waals surface area contributed by atoms with E-state index in [9.17, 15) is 9.59 Å². The molecule has 0 heterocycles. The molecule has 18 heavy (non-hydrogen) atoms. The minimum absolute atomic E-state index is 0.0533. The second-order valence-electron chi connectivity index (χ2n) is 4.89. The van der Waals surface area contributed by atoms with Crippen molar-refractivity contribution in [3.63, 3.8) is 0 Å². The summed E-state index contributed by atoms with van der Waals surface area (Å²) >= 11 is 0. The van der Waals surface area contributed by atoms with Gasteiger partial charge in [-0.25, -0.2) is 0 Å². The van der Waals surface area contributed by atoms with Gasteiger partial charge in [0.2, 0.25) is 5.91 Å². The number of hydrogen-bond donors (Lipinski definition) is 2. The molecule has 0 saturated carbocycles. The zero-order valence-electron chi connectivity index (χ0n) is 11.6. The zero-order valence-corrected chi connectivity index (χ0v) is 12.6. The summed E-state index contributed by atoms with van der Waals surface area (Å²) in [7, 11) is -1.54. The van der Waals surface area contributed by atoms with Crippen molar-refractivity contribution >= 4 is 20.2 Å². The molecule has 0 aliphatic heterocycles. The van der Waals surface area contributed by atoms with Crippen LogP contribution in [0.25, 0.3) is 0 Å². The largest absolute Gasteiger partial charge is 0.481 e. The molecule has 0 unspecified atom stereocenters. The Morgan fingerprint density at radius 2 is 1.89 bits per heavy atom. The highest BCUT2D eigenvalue weighted by atomic mass is 28.4. The Bertz CT molecular complexity index is 269. The number of carbonyl (C=O) groups excluding carboxylic acids is 1. The van der Waals surface area contributed by atoms with Crippen molar-refractivity contribution < 1.29 is 19.1 Å².